The second-order valence-electron chi connectivity index (χ2n) is 3.51. The monoisotopic (exact) mass is 214 g/mol. The van der Waals surface area contributed by atoms with E-state index in [1.54, 1.807) is 0 Å². The lowest BCUT2D eigenvalue weighted by Gasteiger charge is -2.11. The quantitative estimate of drug-likeness (QED) is 0.437. The van der Waals surface area contributed by atoms with Crippen LogP contribution < -0.4 is 16.4 Å². The fourth-order valence-electron chi connectivity index (χ4n) is 0.877. The zero-order valence-corrected chi connectivity index (χ0v) is 9.84. The molecule has 0 heterocycles. The van der Waals surface area contributed by atoms with E-state index >= 15 is 0 Å². The summed E-state index contributed by atoms with van der Waals surface area (Å²) < 4.78 is 0. The molecule has 0 rings (SSSR count). The van der Waals surface area contributed by atoms with E-state index in [-0.39, 0.29) is 18.5 Å². The van der Waals surface area contributed by atoms with Gasteiger partial charge in [-0.3, -0.25) is 4.79 Å². The summed E-state index contributed by atoms with van der Waals surface area (Å²) in [6.45, 7) is 6.85. The van der Waals surface area contributed by atoms with Gasteiger partial charge in [-0.2, -0.15) is 0 Å². The molecule has 0 aliphatic rings. The van der Waals surface area contributed by atoms with Crippen molar-refractivity contribution in [1.82, 2.24) is 10.6 Å². The molecule has 0 saturated heterocycles. The molecule has 5 heteroatoms. The topological polar surface area (TPSA) is 79.5 Å². The lowest BCUT2D eigenvalue weighted by atomic mass is 10.3. The summed E-state index contributed by atoms with van der Waals surface area (Å²) >= 11 is 0. The Hall–Kier alpha value is -1.26. The maximum atomic E-state index is 11.2. The molecule has 0 aliphatic heterocycles. The van der Waals surface area contributed by atoms with Gasteiger partial charge in [0.1, 0.15) is 6.54 Å². The van der Waals surface area contributed by atoms with Crippen LogP contribution in [0.15, 0.2) is 4.99 Å². The van der Waals surface area contributed by atoms with Crippen LogP contribution in [0.5, 0.6) is 0 Å². The van der Waals surface area contributed by atoms with Crippen molar-refractivity contribution in [1.29, 1.82) is 0 Å². The van der Waals surface area contributed by atoms with E-state index in [1.807, 2.05) is 13.8 Å². The third kappa shape index (κ3) is 7.78. The van der Waals surface area contributed by atoms with Crippen LogP contribution in [0.2, 0.25) is 0 Å². The van der Waals surface area contributed by atoms with Gasteiger partial charge >= 0.3 is 0 Å². The molecule has 0 fully saturated rings. The van der Waals surface area contributed by atoms with Gasteiger partial charge in [0, 0.05) is 12.6 Å². The van der Waals surface area contributed by atoms with Gasteiger partial charge in [0.15, 0.2) is 5.96 Å². The van der Waals surface area contributed by atoms with Crippen LogP contribution in [-0.4, -0.2) is 31.0 Å². The molecule has 1 unspecified atom stereocenters. The molecule has 1 amide bonds. The fourth-order valence-corrected chi connectivity index (χ4v) is 0.877. The molecule has 4 N–H and O–H groups in total. The van der Waals surface area contributed by atoms with Gasteiger partial charge in [-0.05, 0) is 19.8 Å². The number of amides is 1. The highest BCUT2D eigenvalue weighted by molar-refractivity contribution is 5.84. The summed E-state index contributed by atoms with van der Waals surface area (Å²) in [4.78, 5) is 15.1. The van der Waals surface area contributed by atoms with E-state index in [4.69, 9.17) is 5.73 Å². The van der Waals surface area contributed by atoms with E-state index in [0.717, 1.165) is 12.8 Å². The second kappa shape index (κ2) is 8.08. The smallest absolute Gasteiger partial charge is 0.241 e. The van der Waals surface area contributed by atoms with Crippen molar-refractivity contribution in [3.8, 4) is 0 Å². The number of carbonyl (C=O) groups is 1. The summed E-state index contributed by atoms with van der Waals surface area (Å²) in [5.41, 5.74) is 5.59. The number of carbonyl (C=O) groups excluding carboxylic acids is 1. The molecule has 1 atom stereocenters. The van der Waals surface area contributed by atoms with Gasteiger partial charge in [-0.15, -0.1) is 0 Å². The number of guanidine groups is 1. The van der Waals surface area contributed by atoms with Crippen molar-refractivity contribution in [3.05, 3.63) is 0 Å². The lowest BCUT2D eigenvalue weighted by Crippen LogP contribution is -2.39. The summed E-state index contributed by atoms with van der Waals surface area (Å²) in [6.07, 6.45) is 1.90. The summed E-state index contributed by atoms with van der Waals surface area (Å²) in [7, 11) is 0. The van der Waals surface area contributed by atoms with Crippen LogP contribution in [0.25, 0.3) is 0 Å². The largest absolute Gasteiger partial charge is 0.370 e. The van der Waals surface area contributed by atoms with E-state index in [2.05, 4.69) is 22.5 Å². The Morgan fingerprint density at radius 1 is 1.47 bits per heavy atom. The molecule has 0 aromatic rings. The molecule has 0 bridgehead atoms. The minimum absolute atomic E-state index is 0.0919. The van der Waals surface area contributed by atoms with Crippen LogP contribution in [0.3, 0.4) is 0 Å². The standard InChI is InChI=1S/C10H22N4O/c1-4-6-12-9(15)7-13-10(11)14-8(3)5-2/h8H,4-7H2,1-3H3,(H,12,15)(H3,11,13,14). The summed E-state index contributed by atoms with van der Waals surface area (Å²) in [6, 6.07) is 0.285. The van der Waals surface area contributed by atoms with Gasteiger partial charge in [0.25, 0.3) is 0 Å². The van der Waals surface area contributed by atoms with Crippen LogP contribution in [0, 0.1) is 0 Å². The van der Waals surface area contributed by atoms with Crippen LogP contribution in [0.1, 0.15) is 33.6 Å². The number of rotatable bonds is 6. The first kappa shape index (κ1) is 13.7. The van der Waals surface area contributed by atoms with Gasteiger partial charge < -0.3 is 16.4 Å². The molecule has 0 aromatic heterocycles. The third-order valence-corrected chi connectivity index (χ3v) is 1.97. The number of nitrogens with one attached hydrogen (secondary N) is 2. The zero-order chi connectivity index (χ0) is 11.7. The Morgan fingerprint density at radius 2 is 2.13 bits per heavy atom. The van der Waals surface area contributed by atoms with Crippen molar-refractivity contribution in [2.45, 2.75) is 39.7 Å². The molecule has 0 aliphatic carbocycles. The Kier molecular flexibility index (Phi) is 7.40. The van der Waals surface area contributed by atoms with E-state index in [9.17, 15) is 4.79 Å². The Labute approximate surface area is 91.5 Å². The van der Waals surface area contributed by atoms with Crippen molar-refractivity contribution in [3.63, 3.8) is 0 Å². The van der Waals surface area contributed by atoms with E-state index < -0.39 is 0 Å². The second-order valence-corrected chi connectivity index (χ2v) is 3.51. The Bertz CT molecular complexity index is 215. The van der Waals surface area contributed by atoms with Crippen molar-refractivity contribution >= 4 is 11.9 Å². The van der Waals surface area contributed by atoms with Crippen LogP contribution in [-0.2, 0) is 4.79 Å². The molecular weight excluding hydrogens is 192 g/mol. The maximum Gasteiger partial charge on any atom is 0.241 e. The van der Waals surface area contributed by atoms with Gasteiger partial charge in [0.2, 0.25) is 5.91 Å². The average Bonchev–Trinajstić information content (AvgIpc) is 2.23. The van der Waals surface area contributed by atoms with Crippen LogP contribution in [0.4, 0.5) is 0 Å². The number of nitrogens with zero attached hydrogens (tertiary/aromatic N) is 1. The highest BCUT2D eigenvalue weighted by atomic mass is 16.1. The summed E-state index contributed by atoms with van der Waals surface area (Å²) in [5.74, 6) is 0.238. The molecule has 88 valence electrons. The SMILES string of the molecule is CCCNC(=O)CN=C(N)NC(C)CC. The first-order valence-electron chi connectivity index (χ1n) is 5.43. The minimum Gasteiger partial charge on any atom is -0.370 e. The normalized spacial score (nSPS) is 13.4. The minimum atomic E-state index is -0.0919. The predicted molar refractivity (Wildman–Crippen MR) is 62.7 cm³/mol. The fraction of sp³-hybridized carbons (Fsp3) is 0.800. The predicted octanol–water partition coefficient (Wildman–Crippen LogP) is 0.215. The number of aliphatic imine (C=N–C) groups is 1. The molecule has 15 heavy (non-hydrogen) atoms. The third-order valence-electron chi connectivity index (χ3n) is 1.97. The maximum absolute atomic E-state index is 11.2. The van der Waals surface area contributed by atoms with E-state index in [1.165, 1.54) is 0 Å². The first-order valence-corrected chi connectivity index (χ1v) is 5.43. The van der Waals surface area contributed by atoms with Gasteiger partial charge in [-0.1, -0.05) is 13.8 Å². The molecule has 0 aromatic carbocycles. The molecule has 5 nitrogen and oxygen atoms in total. The molecule has 0 saturated carbocycles. The van der Waals surface area contributed by atoms with Gasteiger partial charge in [-0.25, -0.2) is 4.99 Å². The van der Waals surface area contributed by atoms with Crippen molar-refractivity contribution in [2.75, 3.05) is 13.1 Å². The Balaban J connectivity index is 3.78. The number of nitrogens with two attached hydrogens (primary N) is 1. The average molecular weight is 214 g/mol. The molecule has 0 spiro atoms. The summed E-state index contributed by atoms with van der Waals surface area (Å²) in [5, 5.41) is 5.71. The number of hydrogen-bond donors (Lipinski definition) is 3. The van der Waals surface area contributed by atoms with E-state index in [0.29, 0.717) is 12.5 Å². The molecular formula is C10H22N4O. The van der Waals surface area contributed by atoms with Crippen molar-refractivity contribution < 1.29 is 4.79 Å². The highest BCUT2D eigenvalue weighted by Gasteiger charge is 2.01. The van der Waals surface area contributed by atoms with Crippen molar-refractivity contribution in [2.24, 2.45) is 10.7 Å². The highest BCUT2D eigenvalue weighted by Crippen LogP contribution is 1.86. The first-order chi connectivity index (χ1) is 7.10. The number of hydrogen-bond acceptors (Lipinski definition) is 2. The lowest BCUT2D eigenvalue weighted by molar-refractivity contribution is -0.119. The van der Waals surface area contributed by atoms with Gasteiger partial charge in [0.05, 0.1) is 0 Å². The zero-order valence-electron chi connectivity index (χ0n) is 9.84. The van der Waals surface area contributed by atoms with Crippen LogP contribution >= 0.6 is 0 Å². The Morgan fingerprint density at radius 3 is 2.67 bits per heavy atom. The molecule has 0 radical (unpaired) electrons.